The molecule has 1 aromatic heterocycles. The van der Waals surface area contributed by atoms with Gasteiger partial charge in [-0.25, -0.2) is 9.97 Å². The lowest BCUT2D eigenvalue weighted by Gasteiger charge is -2.34. The molecule has 3 fully saturated rings. The molecule has 3 heterocycles. The molecular formula is C28H43N5O2. The van der Waals surface area contributed by atoms with E-state index >= 15 is 0 Å². The number of ether oxygens (including phenoxy) is 2. The molecule has 0 radical (unpaired) electrons. The van der Waals surface area contributed by atoms with Gasteiger partial charge in [0, 0.05) is 43.0 Å². The Morgan fingerprint density at radius 2 is 1.83 bits per heavy atom. The second kappa shape index (κ2) is 10.9. The highest BCUT2D eigenvalue weighted by atomic mass is 16.5. The number of piperidine rings is 1. The fraction of sp³-hybridized carbons (Fsp3) is 0.714. The molecule has 0 spiro atoms. The van der Waals surface area contributed by atoms with Crippen molar-refractivity contribution in [3.05, 3.63) is 17.8 Å². The van der Waals surface area contributed by atoms with Gasteiger partial charge < -0.3 is 24.6 Å². The van der Waals surface area contributed by atoms with E-state index in [-0.39, 0.29) is 0 Å². The molecule has 1 saturated carbocycles. The predicted molar refractivity (Wildman–Crippen MR) is 142 cm³/mol. The van der Waals surface area contributed by atoms with E-state index in [2.05, 4.69) is 35.0 Å². The molecule has 0 bridgehead atoms. The van der Waals surface area contributed by atoms with E-state index in [9.17, 15) is 0 Å². The highest BCUT2D eigenvalue weighted by Gasteiger charge is 2.34. The van der Waals surface area contributed by atoms with Gasteiger partial charge in [0.05, 0.1) is 24.9 Å². The zero-order valence-electron chi connectivity index (χ0n) is 22.1. The van der Waals surface area contributed by atoms with Crippen molar-refractivity contribution in [1.29, 1.82) is 0 Å². The number of hydrogen-bond acceptors (Lipinski definition) is 7. The van der Waals surface area contributed by atoms with Gasteiger partial charge in [0.15, 0.2) is 11.5 Å². The van der Waals surface area contributed by atoms with Gasteiger partial charge >= 0.3 is 0 Å². The highest BCUT2D eigenvalue weighted by Crippen LogP contribution is 2.38. The van der Waals surface area contributed by atoms with Crippen LogP contribution < -0.4 is 14.8 Å². The van der Waals surface area contributed by atoms with Crippen LogP contribution in [0, 0.1) is 5.92 Å². The van der Waals surface area contributed by atoms with E-state index in [0.29, 0.717) is 24.5 Å². The Labute approximate surface area is 210 Å². The van der Waals surface area contributed by atoms with Gasteiger partial charge in [0.2, 0.25) is 5.95 Å². The third-order valence-electron chi connectivity index (χ3n) is 8.28. The quantitative estimate of drug-likeness (QED) is 0.484. The Morgan fingerprint density at radius 3 is 2.51 bits per heavy atom. The van der Waals surface area contributed by atoms with Gasteiger partial charge in [-0.3, -0.25) is 0 Å². The van der Waals surface area contributed by atoms with Gasteiger partial charge in [-0.05, 0) is 90.4 Å². The van der Waals surface area contributed by atoms with Gasteiger partial charge in [-0.2, -0.15) is 0 Å². The Balaban J connectivity index is 1.27. The molecule has 5 rings (SSSR count). The second-order valence-corrected chi connectivity index (χ2v) is 11.0. The summed E-state index contributed by atoms with van der Waals surface area (Å²) in [5.41, 5.74) is 2.06. The molecule has 7 nitrogen and oxygen atoms in total. The van der Waals surface area contributed by atoms with Crippen molar-refractivity contribution in [1.82, 2.24) is 19.8 Å². The first-order chi connectivity index (χ1) is 17.1. The minimum atomic E-state index is 0.431. The molecular weight excluding hydrogens is 438 g/mol. The maximum Gasteiger partial charge on any atom is 0.223 e. The van der Waals surface area contributed by atoms with Crippen LogP contribution in [0.15, 0.2) is 12.1 Å². The smallest absolute Gasteiger partial charge is 0.223 e. The summed E-state index contributed by atoms with van der Waals surface area (Å²) in [6.07, 6.45) is 8.73. The molecule has 2 aliphatic heterocycles. The number of anilines is 1. The lowest BCUT2D eigenvalue weighted by molar-refractivity contribution is 0.171. The number of rotatable bonds is 10. The summed E-state index contributed by atoms with van der Waals surface area (Å²) in [6.45, 7) is 10.1. The third kappa shape index (κ3) is 5.67. The van der Waals surface area contributed by atoms with E-state index in [1.54, 1.807) is 7.11 Å². The molecule has 1 aromatic carbocycles. The average Bonchev–Trinajstić information content (AvgIpc) is 3.63. The standard InChI is InChI=1S/C28H43N5O2/c1-19(2)32-13-10-21(11-14-32)27-23-16-25(34-4)26(17-24(23)30-28(29-3)31-27)35-15-5-6-20-9-12-33(18-20)22-7-8-22/h16-17,19-22H,5-15,18H2,1-4H3,(H,29,30,31)/t20-/m1/s1. The van der Waals surface area contributed by atoms with Crippen molar-refractivity contribution in [2.24, 2.45) is 5.92 Å². The molecule has 192 valence electrons. The number of nitrogens with one attached hydrogen (secondary N) is 1. The van der Waals surface area contributed by atoms with Crippen molar-refractivity contribution in [3.8, 4) is 11.5 Å². The van der Waals surface area contributed by atoms with Crippen molar-refractivity contribution in [2.75, 3.05) is 52.3 Å². The Kier molecular flexibility index (Phi) is 7.63. The van der Waals surface area contributed by atoms with E-state index in [0.717, 1.165) is 72.4 Å². The SMILES string of the molecule is CNc1nc(C2CCN(C(C)C)CC2)c2cc(OC)c(OCCC[C@@H]3CCN(C4CC4)C3)cc2n1. The lowest BCUT2D eigenvalue weighted by atomic mass is 9.90. The lowest BCUT2D eigenvalue weighted by Crippen LogP contribution is -2.38. The van der Waals surface area contributed by atoms with Crippen molar-refractivity contribution >= 4 is 16.9 Å². The minimum Gasteiger partial charge on any atom is -0.493 e. The Morgan fingerprint density at radius 1 is 1.03 bits per heavy atom. The van der Waals surface area contributed by atoms with Gasteiger partial charge in [-0.1, -0.05) is 0 Å². The van der Waals surface area contributed by atoms with E-state index in [1.165, 1.54) is 38.8 Å². The van der Waals surface area contributed by atoms with Crippen LogP contribution >= 0.6 is 0 Å². The number of nitrogens with zero attached hydrogens (tertiary/aromatic N) is 4. The number of hydrogen-bond donors (Lipinski definition) is 1. The first kappa shape index (κ1) is 24.6. The monoisotopic (exact) mass is 481 g/mol. The molecule has 1 atom stereocenters. The maximum absolute atomic E-state index is 6.26. The first-order valence-corrected chi connectivity index (χ1v) is 13.7. The van der Waals surface area contributed by atoms with Crippen LogP contribution in [0.25, 0.3) is 10.9 Å². The minimum absolute atomic E-state index is 0.431. The topological polar surface area (TPSA) is 62.8 Å². The van der Waals surface area contributed by atoms with Crippen LogP contribution in [0.1, 0.15) is 70.4 Å². The molecule has 0 unspecified atom stereocenters. The second-order valence-electron chi connectivity index (χ2n) is 11.0. The van der Waals surface area contributed by atoms with Crippen LogP contribution in [0.4, 0.5) is 5.95 Å². The summed E-state index contributed by atoms with van der Waals surface area (Å²) in [5, 5.41) is 4.25. The van der Waals surface area contributed by atoms with Crippen molar-refractivity contribution in [3.63, 3.8) is 0 Å². The van der Waals surface area contributed by atoms with Crippen LogP contribution in [0.3, 0.4) is 0 Å². The number of benzene rings is 1. The largest absolute Gasteiger partial charge is 0.493 e. The Bertz CT molecular complexity index is 1000. The third-order valence-corrected chi connectivity index (χ3v) is 8.28. The van der Waals surface area contributed by atoms with E-state index in [1.807, 2.05) is 13.1 Å². The first-order valence-electron chi connectivity index (χ1n) is 13.7. The van der Waals surface area contributed by atoms with E-state index < -0.39 is 0 Å². The number of likely N-dealkylation sites (tertiary alicyclic amines) is 2. The highest BCUT2D eigenvalue weighted by molar-refractivity contribution is 5.86. The van der Waals surface area contributed by atoms with E-state index in [4.69, 9.17) is 19.4 Å². The predicted octanol–water partition coefficient (Wildman–Crippen LogP) is 4.91. The summed E-state index contributed by atoms with van der Waals surface area (Å²) in [7, 11) is 3.61. The van der Waals surface area contributed by atoms with Crippen LogP contribution in [0.2, 0.25) is 0 Å². The normalized spacial score (nSPS) is 22.3. The number of fused-ring (bicyclic) bond motifs is 1. The summed E-state index contributed by atoms with van der Waals surface area (Å²) in [4.78, 5) is 14.9. The van der Waals surface area contributed by atoms with Crippen LogP contribution in [0.5, 0.6) is 11.5 Å². The molecule has 2 aromatic rings. The van der Waals surface area contributed by atoms with Crippen LogP contribution in [-0.4, -0.2) is 78.8 Å². The fourth-order valence-electron chi connectivity index (χ4n) is 5.97. The molecule has 1 aliphatic carbocycles. The van der Waals surface area contributed by atoms with Gasteiger partial charge in [0.25, 0.3) is 0 Å². The summed E-state index contributed by atoms with van der Waals surface area (Å²) in [6, 6.07) is 5.64. The molecule has 2 saturated heterocycles. The number of aromatic nitrogens is 2. The number of methoxy groups -OCH3 is 1. The molecule has 1 N–H and O–H groups in total. The molecule has 35 heavy (non-hydrogen) atoms. The zero-order valence-corrected chi connectivity index (χ0v) is 22.1. The van der Waals surface area contributed by atoms with Crippen molar-refractivity contribution < 1.29 is 9.47 Å². The average molecular weight is 482 g/mol. The summed E-state index contributed by atoms with van der Waals surface area (Å²) < 4.78 is 12.0. The van der Waals surface area contributed by atoms with Gasteiger partial charge in [-0.15, -0.1) is 0 Å². The molecule has 0 amide bonds. The Hall–Kier alpha value is -2.12. The molecule has 7 heteroatoms. The zero-order chi connectivity index (χ0) is 24.4. The van der Waals surface area contributed by atoms with Crippen LogP contribution in [-0.2, 0) is 0 Å². The van der Waals surface area contributed by atoms with Crippen molar-refractivity contribution in [2.45, 2.75) is 76.8 Å². The molecule has 3 aliphatic rings. The fourth-order valence-corrected chi connectivity index (χ4v) is 5.97. The summed E-state index contributed by atoms with van der Waals surface area (Å²) >= 11 is 0. The van der Waals surface area contributed by atoms with Gasteiger partial charge in [0.1, 0.15) is 0 Å². The summed E-state index contributed by atoms with van der Waals surface area (Å²) in [5.74, 6) is 3.50. The maximum atomic E-state index is 6.26.